The van der Waals surface area contributed by atoms with E-state index in [4.69, 9.17) is 9.47 Å². The summed E-state index contributed by atoms with van der Waals surface area (Å²) in [6, 6.07) is 5.98. The molecule has 0 radical (unpaired) electrons. The standard InChI is InChI=1S/C15H20N2O2/c1-9(2)12-7-10-6-11(18-4)8-13(19-5)14(10)17-15(12)16-3/h6-9H,1-5H3,(H,16,17). The quantitative estimate of drug-likeness (QED) is 0.914. The third-order valence-corrected chi connectivity index (χ3v) is 3.20. The Bertz CT molecular complexity index is 594. The first-order valence-electron chi connectivity index (χ1n) is 6.35. The van der Waals surface area contributed by atoms with Crippen LogP contribution < -0.4 is 14.8 Å². The number of rotatable bonds is 4. The van der Waals surface area contributed by atoms with Gasteiger partial charge in [-0.2, -0.15) is 0 Å². The fourth-order valence-corrected chi connectivity index (χ4v) is 2.16. The maximum atomic E-state index is 5.40. The molecule has 4 nitrogen and oxygen atoms in total. The van der Waals surface area contributed by atoms with Crippen LogP contribution >= 0.6 is 0 Å². The van der Waals surface area contributed by atoms with Crippen LogP contribution in [0.15, 0.2) is 18.2 Å². The summed E-state index contributed by atoms with van der Waals surface area (Å²) < 4.78 is 10.7. The largest absolute Gasteiger partial charge is 0.497 e. The Morgan fingerprint density at radius 3 is 2.37 bits per heavy atom. The highest BCUT2D eigenvalue weighted by Gasteiger charge is 2.13. The van der Waals surface area contributed by atoms with Gasteiger partial charge in [0.05, 0.1) is 14.2 Å². The third kappa shape index (κ3) is 2.43. The molecule has 4 heteroatoms. The maximum Gasteiger partial charge on any atom is 0.148 e. The molecule has 0 atom stereocenters. The van der Waals surface area contributed by atoms with Crippen LogP contribution in [0.5, 0.6) is 11.5 Å². The Morgan fingerprint density at radius 1 is 1.11 bits per heavy atom. The average Bonchev–Trinajstić information content (AvgIpc) is 2.44. The molecule has 0 aliphatic heterocycles. The van der Waals surface area contributed by atoms with E-state index in [1.807, 2.05) is 19.2 Å². The van der Waals surface area contributed by atoms with Crippen LogP contribution in [-0.2, 0) is 0 Å². The molecule has 0 spiro atoms. The van der Waals surface area contributed by atoms with Crippen molar-refractivity contribution in [2.24, 2.45) is 0 Å². The topological polar surface area (TPSA) is 43.4 Å². The minimum absolute atomic E-state index is 0.400. The number of pyridine rings is 1. The normalized spacial score (nSPS) is 10.8. The van der Waals surface area contributed by atoms with Crippen molar-refractivity contribution >= 4 is 16.7 Å². The van der Waals surface area contributed by atoms with Gasteiger partial charge in [0.1, 0.15) is 22.8 Å². The van der Waals surface area contributed by atoms with E-state index in [0.717, 1.165) is 28.2 Å². The van der Waals surface area contributed by atoms with Crippen molar-refractivity contribution in [2.45, 2.75) is 19.8 Å². The van der Waals surface area contributed by atoms with Gasteiger partial charge in [0.15, 0.2) is 0 Å². The van der Waals surface area contributed by atoms with Crippen molar-refractivity contribution in [1.29, 1.82) is 0 Å². The summed E-state index contributed by atoms with van der Waals surface area (Å²) in [5.74, 6) is 2.79. The zero-order valence-corrected chi connectivity index (χ0v) is 12.1. The van der Waals surface area contributed by atoms with E-state index in [9.17, 15) is 0 Å². The number of nitrogens with zero attached hydrogens (tertiary/aromatic N) is 1. The van der Waals surface area contributed by atoms with Crippen LogP contribution in [0.25, 0.3) is 10.9 Å². The zero-order valence-electron chi connectivity index (χ0n) is 12.1. The van der Waals surface area contributed by atoms with Gasteiger partial charge in [0, 0.05) is 18.5 Å². The summed E-state index contributed by atoms with van der Waals surface area (Å²) in [5, 5.41) is 4.18. The van der Waals surface area contributed by atoms with E-state index in [-0.39, 0.29) is 0 Å². The number of anilines is 1. The van der Waals surface area contributed by atoms with Gasteiger partial charge in [-0.15, -0.1) is 0 Å². The van der Waals surface area contributed by atoms with Crippen molar-refractivity contribution in [3.05, 3.63) is 23.8 Å². The molecule has 1 N–H and O–H groups in total. The Morgan fingerprint density at radius 2 is 1.84 bits per heavy atom. The Kier molecular flexibility index (Phi) is 3.79. The van der Waals surface area contributed by atoms with Gasteiger partial charge in [-0.05, 0) is 23.6 Å². The van der Waals surface area contributed by atoms with Crippen LogP contribution in [0.1, 0.15) is 25.3 Å². The second-order valence-corrected chi connectivity index (χ2v) is 4.73. The summed E-state index contributed by atoms with van der Waals surface area (Å²) in [4.78, 5) is 4.67. The molecule has 0 unspecified atom stereocenters. The van der Waals surface area contributed by atoms with Crippen molar-refractivity contribution in [2.75, 3.05) is 26.6 Å². The summed E-state index contributed by atoms with van der Waals surface area (Å²) >= 11 is 0. The lowest BCUT2D eigenvalue weighted by Crippen LogP contribution is -2.02. The van der Waals surface area contributed by atoms with Crippen LogP contribution in [-0.4, -0.2) is 26.3 Å². The molecule has 0 aliphatic carbocycles. The SMILES string of the molecule is CNc1nc2c(OC)cc(OC)cc2cc1C(C)C. The molecule has 0 saturated carbocycles. The van der Waals surface area contributed by atoms with Gasteiger partial charge in [-0.3, -0.25) is 0 Å². The number of hydrogen-bond donors (Lipinski definition) is 1. The van der Waals surface area contributed by atoms with E-state index in [1.54, 1.807) is 14.2 Å². The molecule has 0 aliphatic rings. The molecule has 19 heavy (non-hydrogen) atoms. The molecule has 102 valence electrons. The lowest BCUT2D eigenvalue weighted by molar-refractivity contribution is 0.397. The van der Waals surface area contributed by atoms with E-state index in [2.05, 4.69) is 30.2 Å². The molecular weight excluding hydrogens is 240 g/mol. The molecule has 2 aromatic rings. The molecular formula is C15H20N2O2. The molecule has 0 bridgehead atoms. The van der Waals surface area contributed by atoms with Gasteiger partial charge in [0.25, 0.3) is 0 Å². The highest BCUT2D eigenvalue weighted by molar-refractivity contribution is 5.88. The Hall–Kier alpha value is -1.97. The Labute approximate surface area is 113 Å². The summed E-state index contributed by atoms with van der Waals surface area (Å²) in [5.41, 5.74) is 2.03. The van der Waals surface area contributed by atoms with E-state index < -0.39 is 0 Å². The van der Waals surface area contributed by atoms with E-state index in [1.165, 1.54) is 5.56 Å². The number of benzene rings is 1. The first-order chi connectivity index (χ1) is 9.10. The second-order valence-electron chi connectivity index (χ2n) is 4.73. The first-order valence-corrected chi connectivity index (χ1v) is 6.35. The van der Waals surface area contributed by atoms with Crippen LogP contribution in [0.3, 0.4) is 0 Å². The summed E-state index contributed by atoms with van der Waals surface area (Å²) in [6.45, 7) is 4.31. The molecule has 1 aromatic heterocycles. The van der Waals surface area contributed by atoms with Gasteiger partial charge in [-0.25, -0.2) is 4.98 Å². The zero-order chi connectivity index (χ0) is 14.0. The number of nitrogens with one attached hydrogen (secondary N) is 1. The van der Waals surface area contributed by atoms with Crippen LogP contribution in [0, 0.1) is 0 Å². The molecule has 0 fully saturated rings. The average molecular weight is 260 g/mol. The number of fused-ring (bicyclic) bond motifs is 1. The van der Waals surface area contributed by atoms with Gasteiger partial charge >= 0.3 is 0 Å². The van der Waals surface area contributed by atoms with Gasteiger partial charge < -0.3 is 14.8 Å². The van der Waals surface area contributed by atoms with Crippen LogP contribution in [0.2, 0.25) is 0 Å². The summed E-state index contributed by atoms with van der Waals surface area (Å²) in [7, 11) is 5.18. The maximum absolute atomic E-state index is 5.40. The van der Waals surface area contributed by atoms with Crippen molar-refractivity contribution in [3.8, 4) is 11.5 Å². The number of hydrogen-bond acceptors (Lipinski definition) is 4. The fraction of sp³-hybridized carbons (Fsp3) is 0.400. The van der Waals surface area contributed by atoms with Crippen molar-refractivity contribution < 1.29 is 9.47 Å². The fourth-order valence-electron chi connectivity index (χ4n) is 2.16. The number of ether oxygens (including phenoxy) is 2. The predicted octanol–water partition coefficient (Wildman–Crippen LogP) is 3.42. The molecule has 0 amide bonds. The first kappa shape index (κ1) is 13.5. The third-order valence-electron chi connectivity index (χ3n) is 3.20. The number of aromatic nitrogens is 1. The molecule has 0 saturated heterocycles. The number of methoxy groups -OCH3 is 2. The lowest BCUT2D eigenvalue weighted by atomic mass is 10.0. The predicted molar refractivity (Wildman–Crippen MR) is 78.5 cm³/mol. The smallest absolute Gasteiger partial charge is 0.148 e. The summed E-state index contributed by atoms with van der Waals surface area (Å²) in [6.07, 6.45) is 0. The van der Waals surface area contributed by atoms with Gasteiger partial charge in [0.2, 0.25) is 0 Å². The minimum Gasteiger partial charge on any atom is -0.497 e. The highest BCUT2D eigenvalue weighted by atomic mass is 16.5. The van der Waals surface area contributed by atoms with Gasteiger partial charge in [-0.1, -0.05) is 13.8 Å². The highest BCUT2D eigenvalue weighted by Crippen LogP contribution is 2.34. The van der Waals surface area contributed by atoms with Crippen LogP contribution in [0.4, 0.5) is 5.82 Å². The minimum atomic E-state index is 0.400. The monoisotopic (exact) mass is 260 g/mol. The molecule has 2 rings (SSSR count). The van der Waals surface area contributed by atoms with E-state index in [0.29, 0.717) is 5.92 Å². The van der Waals surface area contributed by atoms with E-state index >= 15 is 0 Å². The lowest BCUT2D eigenvalue weighted by Gasteiger charge is -2.15. The molecule has 1 heterocycles. The molecule has 1 aromatic carbocycles. The Balaban J connectivity index is 2.76. The second kappa shape index (κ2) is 5.34. The van der Waals surface area contributed by atoms with Crippen molar-refractivity contribution in [1.82, 2.24) is 4.98 Å². The van der Waals surface area contributed by atoms with Crippen molar-refractivity contribution in [3.63, 3.8) is 0 Å².